The highest BCUT2D eigenvalue weighted by Gasteiger charge is 2.22. The van der Waals surface area contributed by atoms with E-state index in [1.54, 1.807) is 0 Å². The van der Waals surface area contributed by atoms with Crippen LogP contribution in [0.1, 0.15) is 15.9 Å². The third kappa shape index (κ3) is 2.51. The quantitative estimate of drug-likeness (QED) is 0.798. The molecule has 0 atom stereocenters. The summed E-state index contributed by atoms with van der Waals surface area (Å²) in [5, 5.41) is 0. The number of hydrogen-bond donors (Lipinski definition) is 0. The van der Waals surface area contributed by atoms with Crippen molar-refractivity contribution in [2.24, 2.45) is 0 Å². The summed E-state index contributed by atoms with van der Waals surface area (Å²) in [7, 11) is 1.30. The van der Waals surface area contributed by atoms with E-state index in [-0.39, 0.29) is 21.3 Å². The topological polar surface area (TPSA) is 26.3 Å². The molecular formula is C14H9BrF2O2. The maximum absolute atomic E-state index is 14.0. The molecule has 0 aliphatic carbocycles. The van der Waals surface area contributed by atoms with E-state index >= 15 is 0 Å². The Balaban J connectivity index is 2.57. The van der Waals surface area contributed by atoms with Gasteiger partial charge in [0.05, 0.1) is 18.2 Å². The molecular weight excluding hydrogens is 318 g/mol. The summed E-state index contributed by atoms with van der Waals surface area (Å²) >= 11 is 3.09. The molecule has 2 aromatic rings. The van der Waals surface area contributed by atoms with Crippen LogP contribution in [-0.2, 0) is 0 Å². The molecule has 0 spiro atoms. The predicted molar refractivity (Wildman–Crippen MR) is 70.5 cm³/mol. The third-order valence-corrected chi connectivity index (χ3v) is 3.28. The van der Waals surface area contributed by atoms with Crippen molar-refractivity contribution in [2.45, 2.75) is 0 Å². The maximum atomic E-state index is 14.0. The number of ketones is 1. The van der Waals surface area contributed by atoms with Crippen LogP contribution >= 0.6 is 15.9 Å². The SMILES string of the molecule is COc1cccc(C(=O)c2c(F)cccc2Br)c1F. The Morgan fingerprint density at radius 3 is 2.47 bits per heavy atom. The fraction of sp³-hybridized carbons (Fsp3) is 0.0714. The fourth-order valence-corrected chi connectivity index (χ4v) is 2.22. The predicted octanol–water partition coefficient (Wildman–Crippen LogP) is 3.97. The summed E-state index contributed by atoms with van der Waals surface area (Å²) in [6.07, 6.45) is 0. The number of methoxy groups -OCH3 is 1. The molecule has 98 valence electrons. The number of halogens is 3. The number of carbonyl (C=O) groups is 1. The van der Waals surface area contributed by atoms with Crippen LogP contribution in [0, 0.1) is 11.6 Å². The van der Waals surface area contributed by atoms with Gasteiger partial charge in [-0.25, -0.2) is 8.78 Å². The molecule has 0 bridgehead atoms. The third-order valence-electron chi connectivity index (χ3n) is 2.62. The number of carbonyl (C=O) groups excluding carboxylic acids is 1. The molecule has 0 radical (unpaired) electrons. The zero-order chi connectivity index (χ0) is 14.0. The van der Waals surface area contributed by atoms with Gasteiger partial charge in [0.1, 0.15) is 5.82 Å². The van der Waals surface area contributed by atoms with Crippen molar-refractivity contribution in [3.63, 3.8) is 0 Å². The molecule has 2 nitrogen and oxygen atoms in total. The molecule has 0 heterocycles. The lowest BCUT2D eigenvalue weighted by atomic mass is 10.0. The second kappa shape index (κ2) is 5.48. The minimum Gasteiger partial charge on any atom is -0.494 e. The van der Waals surface area contributed by atoms with Gasteiger partial charge < -0.3 is 4.74 Å². The van der Waals surface area contributed by atoms with Crippen molar-refractivity contribution in [2.75, 3.05) is 7.11 Å². The molecule has 0 aromatic heterocycles. The van der Waals surface area contributed by atoms with Crippen LogP contribution in [0.4, 0.5) is 8.78 Å². The highest BCUT2D eigenvalue weighted by Crippen LogP contribution is 2.27. The first-order valence-electron chi connectivity index (χ1n) is 5.37. The standard InChI is InChI=1S/C14H9BrF2O2/c1-19-11-7-2-4-8(13(11)17)14(18)12-9(15)5-3-6-10(12)16/h2-7H,1H3. The molecule has 0 unspecified atom stereocenters. The van der Waals surface area contributed by atoms with Crippen LogP contribution in [-0.4, -0.2) is 12.9 Å². The van der Waals surface area contributed by atoms with Crippen molar-refractivity contribution in [3.05, 3.63) is 63.6 Å². The van der Waals surface area contributed by atoms with Gasteiger partial charge in [0.25, 0.3) is 0 Å². The molecule has 0 aliphatic heterocycles. The van der Waals surface area contributed by atoms with Gasteiger partial charge in [-0.15, -0.1) is 0 Å². The molecule has 19 heavy (non-hydrogen) atoms. The van der Waals surface area contributed by atoms with Crippen LogP contribution in [0.15, 0.2) is 40.9 Å². The van der Waals surface area contributed by atoms with E-state index in [1.807, 2.05) is 0 Å². The van der Waals surface area contributed by atoms with E-state index in [0.717, 1.165) is 6.07 Å². The Morgan fingerprint density at radius 1 is 1.16 bits per heavy atom. The van der Waals surface area contributed by atoms with Gasteiger partial charge in [0, 0.05) is 4.47 Å². The van der Waals surface area contributed by atoms with Crippen molar-refractivity contribution in [3.8, 4) is 5.75 Å². The van der Waals surface area contributed by atoms with E-state index in [9.17, 15) is 13.6 Å². The van der Waals surface area contributed by atoms with Gasteiger partial charge in [0.15, 0.2) is 17.3 Å². The molecule has 2 rings (SSSR count). The molecule has 0 fully saturated rings. The first-order valence-corrected chi connectivity index (χ1v) is 6.16. The summed E-state index contributed by atoms with van der Waals surface area (Å²) in [6, 6.07) is 8.29. The lowest BCUT2D eigenvalue weighted by molar-refractivity contribution is 0.103. The van der Waals surface area contributed by atoms with Crippen LogP contribution in [0.2, 0.25) is 0 Å². The van der Waals surface area contributed by atoms with Gasteiger partial charge in [-0.2, -0.15) is 0 Å². The van der Waals surface area contributed by atoms with Crippen molar-refractivity contribution in [1.29, 1.82) is 0 Å². The van der Waals surface area contributed by atoms with E-state index in [2.05, 4.69) is 15.9 Å². The van der Waals surface area contributed by atoms with Crippen molar-refractivity contribution >= 4 is 21.7 Å². The smallest absolute Gasteiger partial charge is 0.200 e. The molecule has 0 amide bonds. The number of hydrogen-bond acceptors (Lipinski definition) is 2. The Labute approximate surface area is 117 Å². The largest absolute Gasteiger partial charge is 0.494 e. The Kier molecular flexibility index (Phi) is 3.95. The average molecular weight is 327 g/mol. The zero-order valence-corrected chi connectivity index (χ0v) is 11.5. The van der Waals surface area contributed by atoms with E-state index in [4.69, 9.17) is 4.74 Å². The first kappa shape index (κ1) is 13.7. The highest BCUT2D eigenvalue weighted by molar-refractivity contribution is 9.10. The summed E-state index contributed by atoms with van der Waals surface area (Å²) in [5.41, 5.74) is -0.431. The van der Waals surface area contributed by atoms with Crippen molar-refractivity contribution in [1.82, 2.24) is 0 Å². The van der Waals surface area contributed by atoms with E-state index in [1.165, 1.54) is 37.4 Å². The maximum Gasteiger partial charge on any atom is 0.200 e. The molecule has 0 saturated heterocycles. The number of benzene rings is 2. The fourth-order valence-electron chi connectivity index (χ4n) is 1.69. The van der Waals surface area contributed by atoms with Gasteiger partial charge in [-0.05, 0) is 40.2 Å². The van der Waals surface area contributed by atoms with Crippen LogP contribution < -0.4 is 4.74 Å². The number of ether oxygens (including phenoxy) is 1. The number of rotatable bonds is 3. The van der Waals surface area contributed by atoms with Gasteiger partial charge in [0.2, 0.25) is 0 Å². The summed E-state index contributed by atoms with van der Waals surface area (Å²) in [4.78, 5) is 12.2. The van der Waals surface area contributed by atoms with Crippen LogP contribution in [0.3, 0.4) is 0 Å². The summed E-state index contributed by atoms with van der Waals surface area (Å²) < 4.78 is 32.8. The van der Waals surface area contributed by atoms with Crippen LogP contribution in [0.5, 0.6) is 5.75 Å². The molecule has 5 heteroatoms. The van der Waals surface area contributed by atoms with Gasteiger partial charge >= 0.3 is 0 Å². The minimum absolute atomic E-state index is 0.0571. The monoisotopic (exact) mass is 326 g/mol. The Hall–Kier alpha value is -1.75. The Bertz CT molecular complexity index is 621. The highest BCUT2D eigenvalue weighted by atomic mass is 79.9. The Morgan fingerprint density at radius 2 is 1.84 bits per heavy atom. The first-order chi connectivity index (χ1) is 9.06. The minimum atomic E-state index is -0.801. The van der Waals surface area contributed by atoms with Crippen LogP contribution in [0.25, 0.3) is 0 Å². The average Bonchev–Trinajstić information content (AvgIpc) is 2.38. The molecule has 0 saturated carbocycles. The lowest BCUT2D eigenvalue weighted by Gasteiger charge is -2.08. The molecule has 0 aliphatic rings. The molecule has 2 aromatic carbocycles. The second-order valence-corrected chi connectivity index (χ2v) is 4.60. The summed E-state index contributed by atoms with van der Waals surface area (Å²) in [5.74, 6) is -2.30. The summed E-state index contributed by atoms with van der Waals surface area (Å²) in [6.45, 7) is 0. The zero-order valence-electron chi connectivity index (χ0n) is 9.91. The second-order valence-electron chi connectivity index (χ2n) is 3.75. The van der Waals surface area contributed by atoms with E-state index < -0.39 is 17.4 Å². The lowest BCUT2D eigenvalue weighted by Crippen LogP contribution is -2.08. The van der Waals surface area contributed by atoms with Crippen molar-refractivity contribution < 1.29 is 18.3 Å². The van der Waals surface area contributed by atoms with E-state index in [0.29, 0.717) is 0 Å². The normalized spacial score (nSPS) is 10.3. The molecule has 0 N–H and O–H groups in total. The van der Waals surface area contributed by atoms with Gasteiger partial charge in [-0.1, -0.05) is 12.1 Å². The van der Waals surface area contributed by atoms with Gasteiger partial charge in [-0.3, -0.25) is 4.79 Å².